The molecule has 2 aliphatic heterocycles. The molecule has 3 heterocycles. The second-order valence-corrected chi connectivity index (χ2v) is 8.14. The SMILES string of the molecule is CC.COCCOC12CCC(CC1)Cn1c2nc(C(=O)NCc2ccc(F)cc2)c(O)c1=O. The van der Waals surface area contributed by atoms with Crippen molar-refractivity contribution in [1.82, 2.24) is 14.9 Å². The van der Waals surface area contributed by atoms with E-state index in [9.17, 15) is 19.1 Å². The molecule has 2 bridgehead atoms. The number of carbonyl (C=O) groups is 1. The van der Waals surface area contributed by atoms with Crippen LogP contribution in [0.1, 0.15) is 61.4 Å². The Balaban J connectivity index is 0.00000149. The first kappa shape index (κ1) is 24.9. The van der Waals surface area contributed by atoms with Crippen molar-refractivity contribution in [3.63, 3.8) is 0 Å². The van der Waals surface area contributed by atoms with Crippen LogP contribution in [0.25, 0.3) is 0 Å². The summed E-state index contributed by atoms with van der Waals surface area (Å²) in [5, 5.41) is 13.1. The Morgan fingerprint density at radius 1 is 1.24 bits per heavy atom. The zero-order valence-corrected chi connectivity index (χ0v) is 19.4. The molecule has 2 N–H and O–H groups in total. The molecule has 180 valence electrons. The van der Waals surface area contributed by atoms with Crippen molar-refractivity contribution >= 4 is 5.91 Å². The Labute approximate surface area is 192 Å². The van der Waals surface area contributed by atoms with Crippen LogP contribution in [0.2, 0.25) is 0 Å². The van der Waals surface area contributed by atoms with Crippen LogP contribution in [0, 0.1) is 11.7 Å². The molecule has 9 heteroatoms. The monoisotopic (exact) mass is 461 g/mol. The van der Waals surface area contributed by atoms with Gasteiger partial charge < -0.3 is 19.9 Å². The number of halogens is 1. The largest absolute Gasteiger partial charge is 0.501 e. The highest BCUT2D eigenvalue weighted by molar-refractivity contribution is 5.94. The minimum absolute atomic E-state index is 0.107. The zero-order chi connectivity index (χ0) is 24.0. The van der Waals surface area contributed by atoms with Gasteiger partial charge in [-0.3, -0.25) is 14.2 Å². The molecule has 1 aliphatic carbocycles. The van der Waals surface area contributed by atoms with Crippen LogP contribution >= 0.6 is 0 Å². The Hall–Kier alpha value is -2.78. The number of aromatic hydroxyl groups is 1. The number of benzene rings is 1. The van der Waals surface area contributed by atoms with Crippen molar-refractivity contribution in [2.75, 3.05) is 20.3 Å². The van der Waals surface area contributed by atoms with E-state index in [0.29, 0.717) is 49.9 Å². The van der Waals surface area contributed by atoms with Gasteiger partial charge in [0.25, 0.3) is 11.5 Å². The zero-order valence-electron chi connectivity index (χ0n) is 19.4. The Morgan fingerprint density at radius 3 is 2.55 bits per heavy atom. The molecule has 0 spiro atoms. The molecule has 3 aliphatic rings. The van der Waals surface area contributed by atoms with E-state index in [-0.39, 0.29) is 18.1 Å². The van der Waals surface area contributed by atoms with Crippen LogP contribution in [0.4, 0.5) is 4.39 Å². The summed E-state index contributed by atoms with van der Waals surface area (Å²) >= 11 is 0. The molecule has 33 heavy (non-hydrogen) atoms. The fraction of sp³-hybridized carbons (Fsp3) is 0.542. The van der Waals surface area contributed by atoms with Crippen LogP contribution in [-0.2, 0) is 28.2 Å². The molecular formula is C24H32FN3O5. The highest BCUT2D eigenvalue weighted by Gasteiger charge is 2.45. The van der Waals surface area contributed by atoms with Gasteiger partial charge in [-0.05, 0) is 49.3 Å². The van der Waals surface area contributed by atoms with Crippen LogP contribution in [0.5, 0.6) is 5.75 Å². The van der Waals surface area contributed by atoms with E-state index < -0.39 is 22.8 Å². The lowest BCUT2D eigenvalue weighted by Gasteiger charge is -2.36. The summed E-state index contributed by atoms with van der Waals surface area (Å²) in [5.41, 5.74) is -1.06. The summed E-state index contributed by atoms with van der Waals surface area (Å²) < 4.78 is 25.8. The van der Waals surface area contributed by atoms with Crippen LogP contribution in [-0.4, -0.2) is 40.9 Å². The Kier molecular flexibility index (Phi) is 8.20. The van der Waals surface area contributed by atoms with Crippen LogP contribution in [0.15, 0.2) is 29.1 Å². The molecule has 0 radical (unpaired) electrons. The molecule has 1 amide bonds. The van der Waals surface area contributed by atoms with Gasteiger partial charge in [-0.15, -0.1) is 0 Å². The highest BCUT2D eigenvalue weighted by atomic mass is 19.1. The number of amides is 1. The van der Waals surface area contributed by atoms with E-state index >= 15 is 0 Å². The first-order valence-electron chi connectivity index (χ1n) is 11.4. The first-order valence-corrected chi connectivity index (χ1v) is 11.4. The third-order valence-corrected chi connectivity index (χ3v) is 6.15. The quantitative estimate of drug-likeness (QED) is 0.615. The van der Waals surface area contributed by atoms with E-state index in [1.54, 1.807) is 19.2 Å². The molecule has 0 unspecified atom stereocenters. The van der Waals surface area contributed by atoms with E-state index in [4.69, 9.17) is 9.47 Å². The highest BCUT2D eigenvalue weighted by Crippen LogP contribution is 2.45. The number of aromatic nitrogens is 2. The van der Waals surface area contributed by atoms with Gasteiger partial charge in [0.2, 0.25) is 5.75 Å². The molecule has 2 aromatic rings. The lowest BCUT2D eigenvalue weighted by molar-refractivity contribution is -0.0970. The van der Waals surface area contributed by atoms with Gasteiger partial charge in [0, 0.05) is 20.2 Å². The topological polar surface area (TPSA) is 103 Å². The van der Waals surface area contributed by atoms with E-state index in [2.05, 4.69) is 10.3 Å². The molecule has 8 nitrogen and oxygen atoms in total. The summed E-state index contributed by atoms with van der Waals surface area (Å²) in [6, 6.07) is 5.69. The third kappa shape index (κ3) is 5.25. The fourth-order valence-corrected chi connectivity index (χ4v) is 4.43. The number of ether oxygens (including phenoxy) is 2. The van der Waals surface area contributed by atoms with Gasteiger partial charge >= 0.3 is 0 Å². The van der Waals surface area contributed by atoms with Crippen molar-refractivity contribution in [3.05, 3.63) is 57.5 Å². The summed E-state index contributed by atoms with van der Waals surface area (Å²) in [6.45, 7) is 5.29. The summed E-state index contributed by atoms with van der Waals surface area (Å²) in [6.07, 6.45) is 3.13. The van der Waals surface area contributed by atoms with Gasteiger partial charge in [0.15, 0.2) is 5.69 Å². The molecule has 1 aromatic carbocycles. The fourth-order valence-electron chi connectivity index (χ4n) is 4.43. The van der Waals surface area contributed by atoms with Gasteiger partial charge in [-0.25, -0.2) is 9.37 Å². The van der Waals surface area contributed by atoms with Crippen molar-refractivity contribution in [2.24, 2.45) is 5.92 Å². The number of hydrogen-bond acceptors (Lipinski definition) is 6. The lowest BCUT2D eigenvalue weighted by atomic mass is 9.80. The predicted octanol–water partition coefficient (Wildman–Crippen LogP) is 3.11. The average Bonchev–Trinajstić information content (AvgIpc) is 3.09. The van der Waals surface area contributed by atoms with Gasteiger partial charge in [-0.1, -0.05) is 26.0 Å². The van der Waals surface area contributed by atoms with Crippen molar-refractivity contribution < 1.29 is 23.8 Å². The average molecular weight is 462 g/mol. The maximum absolute atomic E-state index is 13.1. The molecule has 1 fully saturated rings. The van der Waals surface area contributed by atoms with Crippen molar-refractivity contribution in [2.45, 2.75) is 58.2 Å². The standard InChI is InChI=1S/C22H26FN3O5.C2H6/c1-30-10-11-31-22-8-6-15(7-9-22)13-26-20(29)18(27)17(25-21(22)26)19(28)24-12-14-2-4-16(23)5-3-14;1-2/h2-5,15,27H,6-13H2,1H3,(H,24,28);1-2H3. The molecule has 1 saturated carbocycles. The number of nitrogens with zero attached hydrogens (tertiary/aromatic N) is 2. The first-order chi connectivity index (χ1) is 15.9. The molecule has 5 rings (SSSR count). The minimum Gasteiger partial charge on any atom is -0.501 e. The lowest BCUT2D eigenvalue weighted by Crippen LogP contribution is -2.39. The van der Waals surface area contributed by atoms with Crippen molar-refractivity contribution in [3.8, 4) is 5.75 Å². The maximum atomic E-state index is 13.1. The second-order valence-electron chi connectivity index (χ2n) is 8.14. The number of rotatable bonds is 7. The number of methoxy groups -OCH3 is 1. The van der Waals surface area contributed by atoms with Crippen LogP contribution in [0.3, 0.4) is 0 Å². The summed E-state index contributed by atoms with van der Waals surface area (Å²) in [7, 11) is 1.59. The summed E-state index contributed by atoms with van der Waals surface area (Å²) in [5.74, 6) is -1.03. The Morgan fingerprint density at radius 2 is 1.91 bits per heavy atom. The Bertz CT molecular complexity index is 1010. The van der Waals surface area contributed by atoms with Crippen LogP contribution < -0.4 is 10.9 Å². The van der Waals surface area contributed by atoms with E-state index in [0.717, 1.165) is 12.8 Å². The molecular weight excluding hydrogens is 429 g/mol. The van der Waals surface area contributed by atoms with Gasteiger partial charge in [-0.2, -0.15) is 0 Å². The molecule has 1 aromatic heterocycles. The molecule has 0 saturated heterocycles. The smallest absolute Gasteiger partial charge is 0.296 e. The number of nitrogens with one attached hydrogen (secondary N) is 1. The van der Waals surface area contributed by atoms with Crippen molar-refractivity contribution in [1.29, 1.82) is 0 Å². The number of hydrogen-bond donors (Lipinski definition) is 2. The predicted molar refractivity (Wildman–Crippen MR) is 121 cm³/mol. The number of fused-ring (bicyclic) bond motifs is 2. The second kappa shape index (κ2) is 10.9. The minimum atomic E-state index is -0.787. The van der Waals surface area contributed by atoms with Gasteiger partial charge in [0.1, 0.15) is 17.2 Å². The number of carbonyl (C=O) groups excluding carboxylic acids is 1. The van der Waals surface area contributed by atoms with E-state index in [1.165, 1.54) is 16.7 Å². The van der Waals surface area contributed by atoms with E-state index in [1.807, 2.05) is 13.8 Å². The maximum Gasteiger partial charge on any atom is 0.296 e. The van der Waals surface area contributed by atoms with Gasteiger partial charge in [0.05, 0.1) is 13.2 Å². The molecule has 0 atom stereocenters. The summed E-state index contributed by atoms with van der Waals surface area (Å²) in [4.78, 5) is 30.2. The third-order valence-electron chi connectivity index (χ3n) is 6.15. The normalized spacial score (nSPS) is 20.9.